The number of nitrogens with two attached hydrogens (primary N) is 1. The van der Waals surface area contributed by atoms with E-state index in [1.807, 2.05) is 19.0 Å². The highest BCUT2D eigenvalue weighted by molar-refractivity contribution is 5.96. The Labute approximate surface area is 112 Å². The third-order valence-corrected chi connectivity index (χ3v) is 2.53. The molecular weight excluding hydrogens is 246 g/mol. The van der Waals surface area contributed by atoms with E-state index in [1.54, 1.807) is 12.1 Å². The molecule has 6 nitrogen and oxygen atoms in total. The van der Waals surface area contributed by atoms with Gasteiger partial charge >= 0.3 is 5.97 Å². The topological polar surface area (TPSA) is 84.7 Å². The molecule has 0 unspecified atom stereocenters. The van der Waals surface area contributed by atoms with Gasteiger partial charge in [0.2, 0.25) is 5.91 Å². The van der Waals surface area contributed by atoms with E-state index < -0.39 is 5.97 Å². The molecule has 0 saturated carbocycles. The molecule has 0 aliphatic heterocycles. The number of esters is 1. The zero-order chi connectivity index (χ0) is 14.4. The average molecular weight is 265 g/mol. The van der Waals surface area contributed by atoms with Crippen molar-refractivity contribution >= 4 is 23.3 Å². The van der Waals surface area contributed by atoms with Crippen LogP contribution in [-0.2, 0) is 9.53 Å². The smallest absolute Gasteiger partial charge is 0.337 e. The Balaban J connectivity index is 2.69. The van der Waals surface area contributed by atoms with Crippen molar-refractivity contribution in [2.45, 2.75) is 6.42 Å². The summed E-state index contributed by atoms with van der Waals surface area (Å²) in [5, 5.41) is 2.71. The summed E-state index contributed by atoms with van der Waals surface area (Å²) in [7, 11) is 5.09. The molecule has 19 heavy (non-hydrogen) atoms. The Morgan fingerprint density at radius 2 is 2.05 bits per heavy atom. The maximum Gasteiger partial charge on any atom is 0.337 e. The van der Waals surface area contributed by atoms with Gasteiger partial charge < -0.3 is 20.7 Å². The largest absolute Gasteiger partial charge is 0.465 e. The lowest BCUT2D eigenvalue weighted by molar-refractivity contribution is -0.116. The molecule has 0 heterocycles. The second-order valence-corrected chi connectivity index (χ2v) is 4.40. The van der Waals surface area contributed by atoms with Gasteiger partial charge in [-0.1, -0.05) is 0 Å². The van der Waals surface area contributed by atoms with Crippen LogP contribution in [-0.4, -0.2) is 44.5 Å². The molecule has 0 fully saturated rings. The van der Waals surface area contributed by atoms with Gasteiger partial charge in [-0.2, -0.15) is 0 Å². The van der Waals surface area contributed by atoms with Crippen LogP contribution in [0.15, 0.2) is 18.2 Å². The molecule has 0 aliphatic carbocycles. The summed E-state index contributed by atoms with van der Waals surface area (Å²) < 4.78 is 4.59. The van der Waals surface area contributed by atoms with E-state index >= 15 is 0 Å². The highest BCUT2D eigenvalue weighted by atomic mass is 16.5. The molecule has 3 N–H and O–H groups in total. The number of methoxy groups -OCH3 is 1. The summed E-state index contributed by atoms with van der Waals surface area (Å²) in [4.78, 5) is 24.9. The fraction of sp³-hybridized carbons (Fsp3) is 0.385. The molecule has 104 valence electrons. The van der Waals surface area contributed by atoms with Crippen LogP contribution in [0.25, 0.3) is 0 Å². The third-order valence-electron chi connectivity index (χ3n) is 2.53. The Hall–Kier alpha value is -2.08. The van der Waals surface area contributed by atoms with E-state index in [0.717, 1.165) is 0 Å². The summed E-state index contributed by atoms with van der Waals surface area (Å²) in [6.45, 7) is 0.659. The Morgan fingerprint density at radius 1 is 1.37 bits per heavy atom. The molecule has 0 saturated heterocycles. The SMILES string of the molecule is COC(=O)c1ccc(NC(=O)CCN(C)C)c(N)c1. The highest BCUT2D eigenvalue weighted by Gasteiger charge is 2.10. The predicted molar refractivity (Wildman–Crippen MR) is 74.0 cm³/mol. The quantitative estimate of drug-likeness (QED) is 0.611. The van der Waals surface area contributed by atoms with Gasteiger partial charge in [0.15, 0.2) is 0 Å². The molecule has 0 bridgehead atoms. The van der Waals surface area contributed by atoms with Gasteiger partial charge in [0.05, 0.1) is 24.0 Å². The number of benzene rings is 1. The number of amides is 1. The van der Waals surface area contributed by atoms with Crippen molar-refractivity contribution in [2.75, 3.05) is 38.8 Å². The summed E-state index contributed by atoms with van der Waals surface area (Å²) in [5.74, 6) is -0.580. The van der Waals surface area contributed by atoms with Crippen molar-refractivity contribution in [3.63, 3.8) is 0 Å². The van der Waals surface area contributed by atoms with Gasteiger partial charge in [-0.3, -0.25) is 4.79 Å². The zero-order valence-electron chi connectivity index (χ0n) is 11.4. The molecule has 0 radical (unpaired) electrons. The first-order valence-electron chi connectivity index (χ1n) is 5.86. The molecule has 6 heteroatoms. The summed E-state index contributed by atoms with van der Waals surface area (Å²) in [6, 6.07) is 4.63. The van der Waals surface area contributed by atoms with Crippen molar-refractivity contribution in [2.24, 2.45) is 0 Å². The summed E-state index contributed by atoms with van der Waals surface area (Å²) >= 11 is 0. The minimum atomic E-state index is -0.461. The molecule has 1 amide bonds. The van der Waals surface area contributed by atoms with Gasteiger partial charge in [0.1, 0.15) is 0 Å². The van der Waals surface area contributed by atoms with Crippen LogP contribution in [0.4, 0.5) is 11.4 Å². The van der Waals surface area contributed by atoms with Crippen LogP contribution >= 0.6 is 0 Å². The number of nitrogens with one attached hydrogen (secondary N) is 1. The third kappa shape index (κ3) is 4.59. The fourth-order valence-electron chi connectivity index (χ4n) is 1.46. The number of carbonyl (C=O) groups is 2. The van der Waals surface area contributed by atoms with Gasteiger partial charge in [0, 0.05) is 13.0 Å². The van der Waals surface area contributed by atoms with Crippen molar-refractivity contribution in [3.8, 4) is 0 Å². The van der Waals surface area contributed by atoms with E-state index in [0.29, 0.717) is 29.9 Å². The molecule has 0 aliphatic rings. The van der Waals surface area contributed by atoms with Crippen molar-refractivity contribution < 1.29 is 14.3 Å². The zero-order valence-corrected chi connectivity index (χ0v) is 11.4. The fourth-order valence-corrected chi connectivity index (χ4v) is 1.46. The molecule has 0 aromatic heterocycles. The van der Waals surface area contributed by atoms with E-state index in [-0.39, 0.29) is 5.91 Å². The Bertz CT molecular complexity index is 472. The first kappa shape index (κ1) is 15.0. The predicted octanol–water partition coefficient (Wildman–Crippen LogP) is 0.946. The molecular formula is C13H19N3O3. The number of hydrogen-bond acceptors (Lipinski definition) is 5. The molecule has 1 aromatic carbocycles. The van der Waals surface area contributed by atoms with E-state index in [4.69, 9.17) is 5.73 Å². The maximum absolute atomic E-state index is 11.7. The van der Waals surface area contributed by atoms with Crippen molar-refractivity contribution in [1.82, 2.24) is 4.90 Å². The number of nitrogens with zero attached hydrogens (tertiary/aromatic N) is 1. The van der Waals surface area contributed by atoms with Crippen molar-refractivity contribution in [3.05, 3.63) is 23.8 Å². The van der Waals surface area contributed by atoms with Gasteiger partial charge in [-0.25, -0.2) is 4.79 Å². The second-order valence-electron chi connectivity index (χ2n) is 4.40. The number of carbonyl (C=O) groups excluding carboxylic acids is 2. The number of rotatable bonds is 5. The lowest BCUT2D eigenvalue weighted by Crippen LogP contribution is -2.21. The van der Waals surface area contributed by atoms with Crippen LogP contribution < -0.4 is 11.1 Å². The van der Waals surface area contributed by atoms with Crippen LogP contribution in [0.2, 0.25) is 0 Å². The number of anilines is 2. The van der Waals surface area contributed by atoms with Gasteiger partial charge in [-0.05, 0) is 32.3 Å². The van der Waals surface area contributed by atoms with Crippen LogP contribution in [0, 0.1) is 0 Å². The second kappa shape index (κ2) is 6.75. The Morgan fingerprint density at radius 3 is 2.58 bits per heavy atom. The van der Waals surface area contributed by atoms with E-state index in [9.17, 15) is 9.59 Å². The Kier molecular flexibility index (Phi) is 5.32. The average Bonchev–Trinajstić information content (AvgIpc) is 2.37. The van der Waals surface area contributed by atoms with Crippen LogP contribution in [0.1, 0.15) is 16.8 Å². The molecule has 0 atom stereocenters. The number of nitrogen functional groups attached to an aromatic ring is 1. The minimum absolute atomic E-state index is 0.119. The monoisotopic (exact) mass is 265 g/mol. The maximum atomic E-state index is 11.7. The number of ether oxygens (including phenoxy) is 1. The number of hydrogen-bond donors (Lipinski definition) is 2. The first-order chi connectivity index (χ1) is 8.93. The summed E-state index contributed by atoms with van der Waals surface area (Å²) in [6.07, 6.45) is 0.380. The standard InChI is InChI=1S/C13H19N3O3/c1-16(2)7-6-12(17)15-11-5-4-9(8-10(11)14)13(18)19-3/h4-5,8H,6-7,14H2,1-3H3,(H,15,17). The summed E-state index contributed by atoms with van der Waals surface area (Å²) in [5.41, 5.74) is 6.97. The molecule has 0 spiro atoms. The van der Waals surface area contributed by atoms with Gasteiger partial charge in [-0.15, -0.1) is 0 Å². The lowest BCUT2D eigenvalue weighted by atomic mass is 10.1. The lowest BCUT2D eigenvalue weighted by Gasteiger charge is -2.11. The first-order valence-corrected chi connectivity index (χ1v) is 5.86. The molecule has 1 aromatic rings. The molecule has 1 rings (SSSR count). The van der Waals surface area contributed by atoms with Gasteiger partial charge in [0.25, 0.3) is 0 Å². The van der Waals surface area contributed by atoms with E-state index in [1.165, 1.54) is 13.2 Å². The highest BCUT2D eigenvalue weighted by Crippen LogP contribution is 2.20. The van der Waals surface area contributed by atoms with E-state index in [2.05, 4.69) is 10.1 Å². The van der Waals surface area contributed by atoms with Crippen molar-refractivity contribution in [1.29, 1.82) is 0 Å². The van der Waals surface area contributed by atoms with Crippen LogP contribution in [0.3, 0.4) is 0 Å². The van der Waals surface area contributed by atoms with Crippen LogP contribution in [0.5, 0.6) is 0 Å². The normalized spacial score (nSPS) is 10.3. The minimum Gasteiger partial charge on any atom is -0.465 e.